The van der Waals surface area contributed by atoms with Crippen molar-refractivity contribution in [1.82, 2.24) is 0 Å². The maximum atomic E-state index is 13.4. The minimum absolute atomic E-state index is 0. The van der Waals surface area contributed by atoms with E-state index in [1.54, 1.807) is 0 Å². The van der Waals surface area contributed by atoms with Gasteiger partial charge < -0.3 is 23.7 Å². The Morgan fingerprint density at radius 1 is 0.700 bits per heavy atom. The first-order valence-electron chi connectivity index (χ1n) is 12.9. The summed E-state index contributed by atoms with van der Waals surface area (Å²) in [5.41, 5.74) is 5.31. The summed E-state index contributed by atoms with van der Waals surface area (Å²) in [5, 5.41) is 0. The molecule has 0 saturated heterocycles. The van der Waals surface area contributed by atoms with Crippen LogP contribution in [0.4, 0.5) is 0 Å². The Bertz CT molecular complexity index is 1220. The summed E-state index contributed by atoms with van der Waals surface area (Å²) < 4.78 is 33.9. The van der Waals surface area contributed by atoms with E-state index in [0.29, 0.717) is 17.9 Å². The van der Waals surface area contributed by atoms with Gasteiger partial charge in [-0.05, 0) is 43.9 Å². The van der Waals surface area contributed by atoms with Crippen LogP contribution in [0, 0.1) is 0 Å². The number of fused-ring (bicyclic) bond motifs is 2. The molecule has 0 aliphatic carbocycles. The number of phosphoric acid groups is 2. The van der Waals surface area contributed by atoms with Gasteiger partial charge in [-0.25, -0.2) is 4.57 Å². The second-order valence-corrected chi connectivity index (χ2v) is 16.6. The third-order valence-corrected chi connectivity index (χ3v) is 7.30. The molecule has 0 fully saturated rings. The van der Waals surface area contributed by atoms with Crippen LogP contribution in [0.3, 0.4) is 0 Å². The van der Waals surface area contributed by atoms with Gasteiger partial charge in [-0.1, -0.05) is 107 Å². The first-order valence-corrected chi connectivity index (χ1v) is 16.0. The summed E-state index contributed by atoms with van der Waals surface area (Å²) in [6, 6.07) is 8.52. The summed E-state index contributed by atoms with van der Waals surface area (Å²) >= 11 is 0. The molecule has 0 spiro atoms. The molecule has 3 rings (SSSR count). The normalized spacial score (nSPS) is 15.5. The molecule has 0 unspecified atom stereocenters. The molecule has 0 amide bonds. The van der Waals surface area contributed by atoms with E-state index in [-0.39, 0.29) is 51.2 Å². The Morgan fingerprint density at radius 2 is 0.975 bits per heavy atom. The molecule has 0 atom stereocenters. The Kier molecular flexibility index (Phi) is 11.3. The van der Waals surface area contributed by atoms with Crippen molar-refractivity contribution in [3.8, 4) is 11.5 Å². The van der Waals surface area contributed by atoms with Gasteiger partial charge in [0.25, 0.3) is 7.82 Å². The van der Waals surface area contributed by atoms with Gasteiger partial charge in [0.05, 0.1) is 0 Å². The Hall–Kier alpha value is -0.660. The molecule has 1 aliphatic heterocycles. The molecule has 1 aliphatic rings. The average Bonchev–Trinajstić information content (AvgIpc) is 2.63. The van der Waals surface area contributed by atoms with Crippen LogP contribution >= 0.6 is 15.6 Å². The van der Waals surface area contributed by atoms with Crippen LogP contribution in [0.25, 0.3) is 0 Å². The molecule has 0 aromatic heterocycles. The van der Waals surface area contributed by atoms with Crippen LogP contribution in [-0.2, 0) is 37.2 Å². The van der Waals surface area contributed by atoms with E-state index in [1.165, 1.54) is 11.1 Å². The minimum Gasteiger partial charge on any atom is -0.756 e. The van der Waals surface area contributed by atoms with E-state index in [9.17, 15) is 9.46 Å². The minimum atomic E-state index is -4.89. The number of rotatable bonds is 0. The van der Waals surface area contributed by atoms with E-state index in [0.717, 1.165) is 22.3 Å². The zero-order valence-electron chi connectivity index (χ0n) is 26.3. The predicted molar refractivity (Wildman–Crippen MR) is 154 cm³/mol. The molecule has 40 heavy (non-hydrogen) atoms. The molecule has 0 radical (unpaired) electrons. The molecule has 8 nitrogen and oxygen atoms in total. The van der Waals surface area contributed by atoms with E-state index in [1.807, 2.05) is 0 Å². The van der Waals surface area contributed by atoms with Gasteiger partial charge in [-0.3, -0.25) is 9.46 Å². The molecule has 1 heterocycles. The van der Waals surface area contributed by atoms with Crippen molar-refractivity contribution >= 4 is 15.6 Å². The fraction of sp³-hybridized carbons (Fsp3) is 0.586. The quantitative estimate of drug-likeness (QED) is 0.305. The van der Waals surface area contributed by atoms with Crippen molar-refractivity contribution < 1.29 is 67.3 Å². The van der Waals surface area contributed by atoms with E-state index in [2.05, 4.69) is 107 Å². The Morgan fingerprint density at radius 3 is 1.20 bits per heavy atom. The molecule has 3 N–H and O–H groups in total. The van der Waals surface area contributed by atoms with Gasteiger partial charge in [0, 0.05) is 17.5 Å². The van der Waals surface area contributed by atoms with Gasteiger partial charge in [0.15, 0.2) is 0 Å². The van der Waals surface area contributed by atoms with Crippen molar-refractivity contribution in [2.45, 2.75) is 111 Å². The Labute approximate surface area is 262 Å². The summed E-state index contributed by atoms with van der Waals surface area (Å²) in [6.07, 6.45) is 0.560. The predicted octanol–water partition coefficient (Wildman–Crippen LogP) is 3.78. The fourth-order valence-corrected chi connectivity index (χ4v) is 5.22. The molecule has 0 saturated carbocycles. The monoisotopic (exact) mass is 606 g/mol. The first kappa shape index (κ1) is 37.4. The zero-order chi connectivity index (χ0) is 30.6. The second-order valence-electron chi connectivity index (χ2n) is 14.3. The molecule has 2 aromatic carbocycles. The molecule has 0 bridgehead atoms. The molecule has 11 heteroatoms. The number of benzene rings is 2. The molecular weight excluding hydrogens is 561 g/mol. The average molecular weight is 607 g/mol. The van der Waals surface area contributed by atoms with Crippen molar-refractivity contribution in [2.24, 2.45) is 0 Å². The molecule has 2 aromatic rings. The van der Waals surface area contributed by atoms with Crippen LogP contribution in [0.5, 0.6) is 11.5 Å². The summed E-state index contributed by atoms with van der Waals surface area (Å²) in [4.78, 5) is 33.8. The molecule has 220 valence electrons. The van der Waals surface area contributed by atoms with Gasteiger partial charge in [-0.15, -0.1) is 0 Å². The summed E-state index contributed by atoms with van der Waals surface area (Å²) in [5.74, 6) is 0.936. The third-order valence-electron chi connectivity index (χ3n) is 6.47. The van der Waals surface area contributed by atoms with Crippen LogP contribution in [0.1, 0.15) is 116 Å². The first-order chi connectivity index (χ1) is 17.1. The maximum absolute atomic E-state index is 13.4. The van der Waals surface area contributed by atoms with Crippen LogP contribution < -0.4 is 43.5 Å². The van der Waals surface area contributed by atoms with Crippen molar-refractivity contribution in [3.05, 3.63) is 57.6 Å². The fourth-order valence-electron chi connectivity index (χ4n) is 4.29. The van der Waals surface area contributed by atoms with Crippen molar-refractivity contribution in [1.29, 1.82) is 0 Å². The summed E-state index contributed by atoms with van der Waals surface area (Å²) in [7, 11) is -9.32. The largest absolute Gasteiger partial charge is 1.00 e. The van der Waals surface area contributed by atoms with Crippen molar-refractivity contribution in [3.63, 3.8) is 0 Å². The number of phosphoric ester groups is 1. The Balaban J connectivity index is 0.00000122. The SMILES string of the molecule is CC(C)(C)c1cc2c(c(C(C)(C)C)c1)OP(=O)(O)Oc1c(cc(C(C)(C)C)cc1C(C)(C)C)C2.O=P([O-])(O)O.[Na+]. The zero-order valence-corrected chi connectivity index (χ0v) is 30.1. The third kappa shape index (κ3) is 10.3. The summed E-state index contributed by atoms with van der Waals surface area (Å²) in [6.45, 7) is 25.7. The van der Waals surface area contributed by atoms with E-state index >= 15 is 0 Å². The maximum Gasteiger partial charge on any atom is 1.00 e. The van der Waals surface area contributed by atoms with Crippen LogP contribution in [0.15, 0.2) is 24.3 Å². The number of hydrogen-bond acceptors (Lipinski definition) is 5. The standard InChI is InChI=1S/C29H43O4P.Na.H3O4P/c1-26(2,3)20-14-18-13-19-15-21(27(4,5)6)17-23(29(10,11)12)25(19)33-34(30,31)32-24(18)22(16-20)28(7,8)9;;1-5(2,3)4/h14-17H,13H2,1-12H3,(H,30,31);;(H3,1,2,3,4)/q;+1;/p-1. The smallest absolute Gasteiger partial charge is 0.756 e. The van der Waals surface area contributed by atoms with E-state index < -0.39 is 15.6 Å². The van der Waals surface area contributed by atoms with Gasteiger partial charge in [-0.2, -0.15) is 0 Å². The topological polar surface area (TPSA) is 136 Å². The van der Waals surface area contributed by atoms with Gasteiger partial charge in [0.2, 0.25) is 0 Å². The van der Waals surface area contributed by atoms with Gasteiger partial charge >= 0.3 is 37.4 Å². The van der Waals surface area contributed by atoms with Crippen molar-refractivity contribution in [2.75, 3.05) is 0 Å². The molecular formula is C29H45NaO8P2. The van der Waals surface area contributed by atoms with Gasteiger partial charge in [0.1, 0.15) is 11.5 Å². The van der Waals surface area contributed by atoms with E-state index in [4.69, 9.17) is 28.3 Å². The van der Waals surface area contributed by atoms with Crippen LogP contribution in [-0.4, -0.2) is 14.7 Å². The van der Waals surface area contributed by atoms with Crippen LogP contribution in [0.2, 0.25) is 0 Å². The number of hydrogen-bond donors (Lipinski definition) is 3. The second kappa shape index (κ2) is 12.1.